The highest BCUT2D eigenvalue weighted by Gasteiger charge is 2.42. The lowest BCUT2D eigenvalue weighted by atomic mass is 9.90. The zero-order valence-corrected chi connectivity index (χ0v) is 16.5. The molecule has 2 atom stereocenters. The second-order valence-corrected chi connectivity index (χ2v) is 8.45. The van der Waals surface area contributed by atoms with Crippen LogP contribution in [0.4, 0.5) is 4.79 Å². The Balaban J connectivity index is 1.73. The van der Waals surface area contributed by atoms with Crippen LogP contribution in [0.3, 0.4) is 0 Å². The van der Waals surface area contributed by atoms with Crippen molar-refractivity contribution in [3.63, 3.8) is 0 Å². The molecule has 0 N–H and O–H groups in total. The molecule has 1 saturated heterocycles. The van der Waals surface area contributed by atoms with Gasteiger partial charge in [-0.3, -0.25) is 4.90 Å². The van der Waals surface area contributed by atoms with Gasteiger partial charge in [0.1, 0.15) is 11.4 Å². The third-order valence-electron chi connectivity index (χ3n) is 5.43. The predicted octanol–water partition coefficient (Wildman–Crippen LogP) is 5.40. The second-order valence-electron chi connectivity index (χ2n) is 8.45. The Morgan fingerprint density at radius 2 is 1.89 bits per heavy atom. The lowest BCUT2D eigenvalue weighted by Crippen LogP contribution is -2.45. The summed E-state index contributed by atoms with van der Waals surface area (Å²) >= 11 is 0. The smallest absolute Gasteiger partial charge is 0.411 e. The van der Waals surface area contributed by atoms with Crippen molar-refractivity contribution in [2.75, 3.05) is 7.11 Å². The molecule has 4 nitrogen and oxygen atoms in total. The highest BCUT2D eigenvalue weighted by atomic mass is 16.6. The van der Waals surface area contributed by atoms with Crippen LogP contribution in [0.1, 0.15) is 45.6 Å². The van der Waals surface area contributed by atoms with Gasteiger partial charge in [0.2, 0.25) is 0 Å². The molecule has 0 spiro atoms. The maximum absolute atomic E-state index is 12.7. The summed E-state index contributed by atoms with van der Waals surface area (Å²) in [5.74, 6) is 0.894. The maximum Gasteiger partial charge on any atom is 0.411 e. The van der Waals surface area contributed by atoms with Gasteiger partial charge in [-0.25, -0.2) is 4.79 Å². The van der Waals surface area contributed by atoms with Crippen molar-refractivity contribution in [1.82, 2.24) is 4.90 Å². The third kappa shape index (κ3) is 3.29. The normalized spacial score (nSPS) is 21.9. The molecule has 2 aromatic carbocycles. The zero-order valence-electron chi connectivity index (χ0n) is 16.5. The lowest BCUT2D eigenvalue weighted by Gasteiger charge is -2.35. The minimum atomic E-state index is -0.473. The predicted molar refractivity (Wildman–Crippen MR) is 108 cm³/mol. The van der Waals surface area contributed by atoms with E-state index in [1.807, 2.05) is 31.7 Å². The van der Waals surface area contributed by atoms with Crippen LogP contribution >= 0.6 is 0 Å². The first-order valence-corrected chi connectivity index (χ1v) is 9.65. The van der Waals surface area contributed by atoms with Gasteiger partial charge in [-0.1, -0.05) is 36.4 Å². The molecule has 0 saturated carbocycles. The number of amides is 1. The number of hydrogen-bond acceptors (Lipinski definition) is 3. The van der Waals surface area contributed by atoms with E-state index in [0.29, 0.717) is 0 Å². The third-order valence-corrected chi connectivity index (χ3v) is 5.43. The van der Waals surface area contributed by atoms with Gasteiger partial charge < -0.3 is 9.47 Å². The molecule has 2 aliphatic rings. The van der Waals surface area contributed by atoms with Crippen molar-refractivity contribution < 1.29 is 14.3 Å². The minimum Gasteiger partial charge on any atom is -0.496 e. The van der Waals surface area contributed by atoms with E-state index in [9.17, 15) is 4.79 Å². The van der Waals surface area contributed by atoms with Crippen molar-refractivity contribution in [3.8, 4) is 5.75 Å². The number of methoxy groups -OCH3 is 1. The summed E-state index contributed by atoms with van der Waals surface area (Å²) in [4.78, 5) is 14.6. The number of rotatable bonds is 2. The molecule has 0 aromatic heterocycles. The first-order chi connectivity index (χ1) is 12.9. The van der Waals surface area contributed by atoms with Gasteiger partial charge in [0.25, 0.3) is 0 Å². The molecule has 27 heavy (non-hydrogen) atoms. The summed E-state index contributed by atoms with van der Waals surface area (Å²) in [6.45, 7) is 5.75. The van der Waals surface area contributed by atoms with Crippen molar-refractivity contribution in [2.24, 2.45) is 0 Å². The fourth-order valence-electron chi connectivity index (χ4n) is 4.37. The molecular formula is C23H27NO3. The largest absolute Gasteiger partial charge is 0.496 e. The monoisotopic (exact) mass is 365 g/mol. The molecule has 0 aliphatic carbocycles. The maximum atomic E-state index is 12.7. The van der Waals surface area contributed by atoms with Crippen LogP contribution in [0, 0.1) is 0 Å². The summed E-state index contributed by atoms with van der Waals surface area (Å²) in [5.41, 5.74) is 1.96. The first-order valence-electron chi connectivity index (χ1n) is 9.65. The second kappa shape index (κ2) is 6.59. The Morgan fingerprint density at radius 3 is 2.59 bits per heavy atom. The van der Waals surface area contributed by atoms with Gasteiger partial charge in [-0.05, 0) is 62.4 Å². The van der Waals surface area contributed by atoms with E-state index < -0.39 is 5.60 Å². The molecule has 2 aliphatic heterocycles. The Labute approximate surface area is 160 Å². The molecule has 2 unspecified atom stereocenters. The van der Waals surface area contributed by atoms with E-state index in [2.05, 4.69) is 36.4 Å². The average Bonchev–Trinajstić information content (AvgIpc) is 2.89. The Bertz CT molecular complexity index is 909. The fraction of sp³-hybridized carbons (Fsp3) is 0.435. The molecule has 2 heterocycles. The Morgan fingerprint density at radius 1 is 1.11 bits per heavy atom. The zero-order chi connectivity index (χ0) is 19.2. The molecular weight excluding hydrogens is 338 g/mol. The van der Waals surface area contributed by atoms with E-state index in [1.54, 1.807) is 7.11 Å². The minimum absolute atomic E-state index is 0.0947. The quantitative estimate of drug-likeness (QED) is 0.715. The fourth-order valence-corrected chi connectivity index (χ4v) is 4.37. The van der Waals surface area contributed by atoms with Crippen LogP contribution in [-0.2, 0) is 4.74 Å². The number of hydrogen-bond donors (Lipinski definition) is 0. The van der Waals surface area contributed by atoms with Crippen molar-refractivity contribution >= 4 is 22.4 Å². The van der Waals surface area contributed by atoms with Gasteiger partial charge in [-0.15, -0.1) is 0 Å². The van der Waals surface area contributed by atoms with Crippen molar-refractivity contribution in [2.45, 2.75) is 57.7 Å². The van der Waals surface area contributed by atoms with Gasteiger partial charge in [-0.2, -0.15) is 0 Å². The number of ether oxygens (including phenoxy) is 2. The number of fused-ring (bicyclic) bond motifs is 3. The van der Waals surface area contributed by atoms with E-state index in [1.165, 1.54) is 16.3 Å². The highest BCUT2D eigenvalue weighted by molar-refractivity contribution is 5.97. The number of benzene rings is 2. The topological polar surface area (TPSA) is 38.8 Å². The van der Waals surface area contributed by atoms with E-state index >= 15 is 0 Å². The summed E-state index contributed by atoms with van der Waals surface area (Å²) in [6, 6.07) is 12.8. The number of carbonyl (C=O) groups excluding carboxylic acids is 1. The van der Waals surface area contributed by atoms with Crippen LogP contribution in [0.25, 0.3) is 16.3 Å². The van der Waals surface area contributed by atoms with Crippen molar-refractivity contribution in [1.29, 1.82) is 0 Å². The van der Waals surface area contributed by atoms with Crippen LogP contribution in [-0.4, -0.2) is 35.8 Å². The van der Waals surface area contributed by atoms with Crippen LogP contribution in [0.15, 0.2) is 42.5 Å². The van der Waals surface area contributed by atoms with Gasteiger partial charge in [0.05, 0.1) is 13.2 Å². The van der Waals surface area contributed by atoms with Gasteiger partial charge in [0.15, 0.2) is 0 Å². The molecule has 2 aromatic rings. The highest BCUT2D eigenvalue weighted by Crippen LogP contribution is 2.43. The molecule has 1 fully saturated rings. The van der Waals surface area contributed by atoms with E-state index in [0.717, 1.165) is 30.6 Å². The van der Waals surface area contributed by atoms with Crippen LogP contribution < -0.4 is 4.74 Å². The molecule has 0 radical (unpaired) electrons. The Kier molecular flexibility index (Phi) is 4.37. The van der Waals surface area contributed by atoms with Crippen molar-refractivity contribution in [3.05, 3.63) is 48.0 Å². The lowest BCUT2D eigenvalue weighted by molar-refractivity contribution is 0.0175. The summed E-state index contributed by atoms with van der Waals surface area (Å²) in [7, 11) is 1.72. The number of nitrogens with zero attached hydrogens (tertiary/aromatic N) is 1. The average molecular weight is 365 g/mol. The van der Waals surface area contributed by atoms with Gasteiger partial charge >= 0.3 is 6.09 Å². The molecule has 2 bridgehead atoms. The molecule has 142 valence electrons. The van der Waals surface area contributed by atoms with E-state index in [-0.39, 0.29) is 18.2 Å². The van der Waals surface area contributed by atoms with Gasteiger partial charge in [0, 0.05) is 11.6 Å². The summed E-state index contributed by atoms with van der Waals surface area (Å²) in [6.07, 6.45) is 4.88. The first kappa shape index (κ1) is 17.9. The molecule has 4 rings (SSSR count). The number of carbonyl (C=O) groups is 1. The standard InChI is InChI=1S/C23H27NO3/c1-23(2,3)27-22(25)24-17-10-11-18(24)14-16(13-17)21-19-8-6-5-7-15(19)9-12-20(21)26-4/h5-9,12-13,17-18H,10-11,14H2,1-4H3. The van der Waals surface area contributed by atoms with E-state index in [4.69, 9.17) is 9.47 Å². The molecule has 1 amide bonds. The Hall–Kier alpha value is -2.49. The molecule has 4 heteroatoms. The van der Waals surface area contributed by atoms with Crippen LogP contribution in [0.2, 0.25) is 0 Å². The SMILES string of the molecule is COc1ccc2ccccc2c1C1=CC2CCC(C1)N2C(=O)OC(C)(C)C. The summed E-state index contributed by atoms with van der Waals surface area (Å²) in [5, 5.41) is 2.41. The van der Waals surface area contributed by atoms with Crippen LogP contribution in [0.5, 0.6) is 5.75 Å². The summed E-state index contributed by atoms with van der Waals surface area (Å²) < 4.78 is 11.3.